The summed E-state index contributed by atoms with van der Waals surface area (Å²) in [4.78, 5) is 15.8. The zero-order valence-corrected chi connectivity index (χ0v) is 10.7. The van der Waals surface area contributed by atoms with Gasteiger partial charge in [0.2, 0.25) is 0 Å². The van der Waals surface area contributed by atoms with Gasteiger partial charge in [-0.1, -0.05) is 12.1 Å². The molecule has 3 N–H and O–H groups in total. The summed E-state index contributed by atoms with van der Waals surface area (Å²) in [5, 5.41) is 4.78. The minimum atomic E-state index is -0.266. The minimum absolute atomic E-state index is 0.266. The molecule has 0 aliphatic rings. The average Bonchev–Trinajstić information content (AvgIpc) is 2.77. The lowest BCUT2D eigenvalue weighted by molar-refractivity contribution is 0.102. The van der Waals surface area contributed by atoms with Crippen LogP contribution in [0.25, 0.3) is 0 Å². The molecule has 0 saturated carbocycles. The Morgan fingerprint density at radius 3 is 3.06 bits per heavy atom. The summed E-state index contributed by atoms with van der Waals surface area (Å²) >= 11 is 1.24. The molecule has 0 atom stereocenters. The van der Waals surface area contributed by atoms with Crippen LogP contribution in [0.3, 0.4) is 0 Å². The number of amides is 1. The number of carbonyl (C=O) groups excluding carboxylic acids is 1. The number of nitrogens with one attached hydrogen (secondary N) is 1. The van der Waals surface area contributed by atoms with Gasteiger partial charge < -0.3 is 15.8 Å². The number of methoxy groups -OCH3 is 1. The fourth-order valence-electron chi connectivity index (χ4n) is 1.49. The quantitative estimate of drug-likeness (QED) is 0.885. The normalized spacial score (nSPS) is 10.3. The van der Waals surface area contributed by atoms with E-state index in [1.54, 1.807) is 12.5 Å². The fourth-order valence-corrected chi connectivity index (χ4v) is 2.04. The van der Waals surface area contributed by atoms with Crippen LogP contribution >= 0.6 is 11.3 Å². The van der Waals surface area contributed by atoms with Crippen LogP contribution in [0, 0.1) is 0 Å². The van der Waals surface area contributed by atoms with E-state index in [9.17, 15) is 4.79 Å². The Bertz CT molecular complexity index is 554. The van der Waals surface area contributed by atoms with Crippen LogP contribution in [0.2, 0.25) is 0 Å². The number of nitrogen functional groups attached to an aromatic ring is 1. The van der Waals surface area contributed by atoms with E-state index in [0.717, 1.165) is 5.56 Å². The Morgan fingerprint density at radius 2 is 2.39 bits per heavy atom. The number of thiazole rings is 1. The van der Waals surface area contributed by atoms with Gasteiger partial charge in [0.1, 0.15) is 5.69 Å². The van der Waals surface area contributed by atoms with E-state index in [0.29, 0.717) is 23.1 Å². The summed E-state index contributed by atoms with van der Waals surface area (Å²) in [5.74, 6) is -0.266. The molecule has 0 radical (unpaired) electrons. The van der Waals surface area contributed by atoms with E-state index >= 15 is 0 Å². The second-order valence-electron chi connectivity index (χ2n) is 3.66. The molecule has 0 bridgehead atoms. The van der Waals surface area contributed by atoms with Gasteiger partial charge in [0.25, 0.3) is 5.91 Å². The maximum absolute atomic E-state index is 11.8. The first-order valence-electron chi connectivity index (χ1n) is 5.29. The summed E-state index contributed by atoms with van der Waals surface area (Å²) < 4.78 is 5.04. The molecule has 18 heavy (non-hydrogen) atoms. The van der Waals surface area contributed by atoms with Crippen molar-refractivity contribution in [2.45, 2.75) is 6.61 Å². The molecule has 1 amide bonds. The Morgan fingerprint density at radius 1 is 1.56 bits per heavy atom. The van der Waals surface area contributed by atoms with Gasteiger partial charge in [0.15, 0.2) is 5.13 Å². The number of hydrogen-bond acceptors (Lipinski definition) is 5. The lowest BCUT2D eigenvalue weighted by atomic mass is 10.2. The Kier molecular flexibility index (Phi) is 3.91. The van der Waals surface area contributed by atoms with Crippen LogP contribution in [0.5, 0.6) is 0 Å². The molecule has 0 spiro atoms. The van der Waals surface area contributed by atoms with Crippen molar-refractivity contribution in [3.05, 3.63) is 40.9 Å². The molecule has 0 aliphatic heterocycles. The average molecular weight is 263 g/mol. The highest BCUT2D eigenvalue weighted by atomic mass is 32.1. The summed E-state index contributed by atoms with van der Waals surface area (Å²) in [6.45, 7) is 0.507. The Hall–Kier alpha value is -1.92. The van der Waals surface area contributed by atoms with Crippen LogP contribution in [0.1, 0.15) is 16.1 Å². The largest absolute Gasteiger partial charge is 0.380 e. The molecule has 0 fully saturated rings. The van der Waals surface area contributed by atoms with Gasteiger partial charge in [0, 0.05) is 18.2 Å². The van der Waals surface area contributed by atoms with Crippen LogP contribution < -0.4 is 11.1 Å². The van der Waals surface area contributed by atoms with E-state index in [4.69, 9.17) is 10.5 Å². The molecule has 2 aromatic rings. The predicted octanol–water partition coefficient (Wildman–Crippen LogP) is 2.12. The number of carbonyl (C=O) groups is 1. The van der Waals surface area contributed by atoms with Gasteiger partial charge in [-0.25, -0.2) is 4.98 Å². The molecule has 6 heteroatoms. The highest BCUT2D eigenvalue weighted by Gasteiger charge is 2.09. The molecular weight excluding hydrogens is 250 g/mol. The first-order valence-corrected chi connectivity index (χ1v) is 6.17. The van der Waals surface area contributed by atoms with E-state index < -0.39 is 0 Å². The van der Waals surface area contributed by atoms with Crippen molar-refractivity contribution < 1.29 is 9.53 Å². The standard InChI is InChI=1S/C12H13N3O2S/c1-17-6-8-3-2-4-9(5-8)14-11(16)10-7-18-12(13)15-10/h2-5,7H,6H2,1H3,(H2,13,15)(H,14,16). The van der Waals surface area contributed by atoms with E-state index in [2.05, 4.69) is 10.3 Å². The predicted molar refractivity (Wildman–Crippen MR) is 71.6 cm³/mol. The number of nitrogens with two attached hydrogens (primary N) is 1. The lowest BCUT2D eigenvalue weighted by Crippen LogP contribution is -2.12. The van der Waals surface area contributed by atoms with Gasteiger partial charge in [0.05, 0.1) is 6.61 Å². The second kappa shape index (κ2) is 5.61. The van der Waals surface area contributed by atoms with E-state index in [1.165, 1.54) is 11.3 Å². The van der Waals surface area contributed by atoms with Crippen LogP contribution in [0.15, 0.2) is 29.6 Å². The van der Waals surface area contributed by atoms with E-state index in [-0.39, 0.29) is 5.91 Å². The third kappa shape index (κ3) is 3.06. The molecular formula is C12H13N3O2S. The maximum atomic E-state index is 11.8. The van der Waals surface area contributed by atoms with Crippen molar-refractivity contribution in [1.29, 1.82) is 0 Å². The van der Waals surface area contributed by atoms with Gasteiger partial charge in [-0.05, 0) is 17.7 Å². The topological polar surface area (TPSA) is 77.2 Å². The third-order valence-electron chi connectivity index (χ3n) is 2.25. The molecule has 2 rings (SSSR count). The van der Waals surface area contributed by atoms with Gasteiger partial charge in [-0.3, -0.25) is 4.79 Å². The second-order valence-corrected chi connectivity index (χ2v) is 4.55. The van der Waals surface area contributed by atoms with Crippen molar-refractivity contribution in [1.82, 2.24) is 4.98 Å². The number of aromatic nitrogens is 1. The first-order chi connectivity index (χ1) is 8.69. The van der Waals surface area contributed by atoms with Crippen molar-refractivity contribution in [2.75, 3.05) is 18.2 Å². The molecule has 0 unspecified atom stereocenters. The SMILES string of the molecule is COCc1cccc(NC(=O)c2csc(N)n2)c1. The summed E-state index contributed by atoms with van der Waals surface area (Å²) in [5.41, 5.74) is 7.52. The fraction of sp³-hybridized carbons (Fsp3) is 0.167. The molecule has 5 nitrogen and oxygen atoms in total. The number of rotatable bonds is 4. The number of nitrogens with zero attached hydrogens (tertiary/aromatic N) is 1. The van der Waals surface area contributed by atoms with Crippen LogP contribution in [-0.4, -0.2) is 18.0 Å². The Balaban J connectivity index is 2.09. The van der Waals surface area contributed by atoms with Crippen molar-refractivity contribution >= 4 is 28.1 Å². The number of anilines is 2. The van der Waals surface area contributed by atoms with Crippen LogP contribution in [0.4, 0.5) is 10.8 Å². The monoisotopic (exact) mass is 263 g/mol. The van der Waals surface area contributed by atoms with Gasteiger partial charge in [-0.15, -0.1) is 11.3 Å². The minimum Gasteiger partial charge on any atom is -0.380 e. The van der Waals surface area contributed by atoms with Crippen molar-refractivity contribution in [3.8, 4) is 0 Å². The molecule has 0 aliphatic carbocycles. The maximum Gasteiger partial charge on any atom is 0.275 e. The number of benzene rings is 1. The molecule has 1 heterocycles. The lowest BCUT2D eigenvalue weighted by Gasteiger charge is -2.05. The summed E-state index contributed by atoms with van der Waals surface area (Å²) in [7, 11) is 1.63. The van der Waals surface area contributed by atoms with Crippen molar-refractivity contribution in [2.24, 2.45) is 0 Å². The number of hydrogen-bond donors (Lipinski definition) is 2. The third-order valence-corrected chi connectivity index (χ3v) is 2.92. The van der Waals surface area contributed by atoms with E-state index in [1.807, 2.05) is 24.3 Å². The summed E-state index contributed by atoms with van der Waals surface area (Å²) in [6, 6.07) is 7.46. The highest BCUT2D eigenvalue weighted by Crippen LogP contribution is 2.15. The Labute approximate surface area is 109 Å². The number of ether oxygens (including phenoxy) is 1. The molecule has 1 aromatic heterocycles. The zero-order valence-electron chi connectivity index (χ0n) is 9.84. The first kappa shape index (κ1) is 12.5. The molecule has 94 valence electrons. The van der Waals surface area contributed by atoms with Gasteiger partial charge in [-0.2, -0.15) is 0 Å². The van der Waals surface area contributed by atoms with Crippen LogP contribution in [-0.2, 0) is 11.3 Å². The summed E-state index contributed by atoms with van der Waals surface area (Å²) in [6.07, 6.45) is 0. The zero-order chi connectivity index (χ0) is 13.0. The van der Waals surface area contributed by atoms with Gasteiger partial charge >= 0.3 is 0 Å². The highest BCUT2D eigenvalue weighted by molar-refractivity contribution is 7.13. The smallest absolute Gasteiger partial charge is 0.275 e. The molecule has 0 saturated heterocycles. The van der Waals surface area contributed by atoms with Crippen molar-refractivity contribution in [3.63, 3.8) is 0 Å². The molecule has 1 aromatic carbocycles.